The van der Waals surface area contributed by atoms with Gasteiger partial charge in [-0.3, -0.25) is 4.79 Å². The number of halogens is 2. The molecule has 0 aliphatic carbocycles. The third-order valence-electron chi connectivity index (χ3n) is 3.17. The van der Waals surface area contributed by atoms with Gasteiger partial charge < -0.3 is 10.6 Å². The second-order valence-corrected chi connectivity index (χ2v) is 5.41. The fourth-order valence-electron chi connectivity index (χ4n) is 2.18. The summed E-state index contributed by atoms with van der Waals surface area (Å²) in [6, 6.07) is 4.85. The first-order chi connectivity index (χ1) is 8.58. The van der Waals surface area contributed by atoms with E-state index in [2.05, 4.69) is 0 Å². The fraction of sp³-hybridized carbons (Fsp3) is 0.462. The summed E-state index contributed by atoms with van der Waals surface area (Å²) in [6.45, 7) is 1.65. The van der Waals surface area contributed by atoms with Gasteiger partial charge in [0.2, 0.25) is 5.91 Å². The van der Waals surface area contributed by atoms with Crippen molar-refractivity contribution in [3.05, 3.63) is 33.8 Å². The van der Waals surface area contributed by atoms with E-state index in [0.717, 1.165) is 31.5 Å². The van der Waals surface area contributed by atoms with Gasteiger partial charge in [0, 0.05) is 13.1 Å². The smallest absolute Gasteiger partial charge is 0.239 e. The molecule has 1 heterocycles. The van der Waals surface area contributed by atoms with Crippen LogP contribution in [0.15, 0.2) is 18.2 Å². The molecule has 98 valence electrons. The first kappa shape index (κ1) is 13.7. The molecule has 1 aliphatic rings. The monoisotopic (exact) mass is 286 g/mol. The van der Waals surface area contributed by atoms with Crippen molar-refractivity contribution < 1.29 is 4.79 Å². The Morgan fingerprint density at radius 2 is 1.94 bits per heavy atom. The average Bonchev–Trinajstić information content (AvgIpc) is 2.86. The minimum absolute atomic E-state index is 0.0265. The maximum atomic E-state index is 12.0. The zero-order chi connectivity index (χ0) is 13.1. The molecule has 0 bridgehead atoms. The highest BCUT2D eigenvalue weighted by atomic mass is 35.5. The van der Waals surface area contributed by atoms with E-state index in [1.807, 2.05) is 11.0 Å². The summed E-state index contributed by atoms with van der Waals surface area (Å²) < 4.78 is 0. The molecule has 2 N–H and O–H groups in total. The molecule has 2 rings (SSSR count). The lowest BCUT2D eigenvalue weighted by Crippen LogP contribution is -2.43. The number of amides is 1. The number of hydrogen-bond acceptors (Lipinski definition) is 2. The number of nitrogens with zero attached hydrogens (tertiary/aromatic N) is 1. The molecule has 18 heavy (non-hydrogen) atoms. The molecule has 1 amide bonds. The average molecular weight is 287 g/mol. The Kier molecular flexibility index (Phi) is 4.49. The van der Waals surface area contributed by atoms with Crippen molar-refractivity contribution in [1.29, 1.82) is 0 Å². The highest BCUT2D eigenvalue weighted by molar-refractivity contribution is 6.42. The van der Waals surface area contributed by atoms with Crippen LogP contribution in [0, 0.1) is 0 Å². The first-order valence-corrected chi connectivity index (χ1v) is 6.82. The first-order valence-electron chi connectivity index (χ1n) is 6.06. The van der Waals surface area contributed by atoms with Crippen LogP contribution < -0.4 is 5.73 Å². The molecule has 1 saturated heterocycles. The lowest BCUT2D eigenvalue weighted by Gasteiger charge is -2.20. The van der Waals surface area contributed by atoms with Crippen LogP contribution in [-0.2, 0) is 11.2 Å². The van der Waals surface area contributed by atoms with Crippen LogP contribution >= 0.6 is 23.2 Å². The Hall–Kier alpha value is -0.770. The van der Waals surface area contributed by atoms with Gasteiger partial charge in [-0.2, -0.15) is 0 Å². The second-order valence-electron chi connectivity index (χ2n) is 4.59. The summed E-state index contributed by atoms with van der Waals surface area (Å²) in [6.07, 6.45) is 2.64. The summed E-state index contributed by atoms with van der Waals surface area (Å²) in [4.78, 5) is 13.9. The number of hydrogen-bond donors (Lipinski definition) is 1. The van der Waals surface area contributed by atoms with E-state index in [4.69, 9.17) is 28.9 Å². The predicted molar refractivity (Wildman–Crippen MR) is 74.0 cm³/mol. The van der Waals surface area contributed by atoms with Crippen molar-refractivity contribution in [3.8, 4) is 0 Å². The fourth-order valence-corrected chi connectivity index (χ4v) is 2.50. The van der Waals surface area contributed by atoms with Crippen molar-refractivity contribution in [2.75, 3.05) is 13.1 Å². The molecule has 1 aliphatic heterocycles. The molecule has 5 heteroatoms. The van der Waals surface area contributed by atoms with E-state index in [-0.39, 0.29) is 5.91 Å². The van der Waals surface area contributed by atoms with Gasteiger partial charge in [-0.25, -0.2) is 0 Å². The highest BCUT2D eigenvalue weighted by Gasteiger charge is 2.23. The van der Waals surface area contributed by atoms with Crippen LogP contribution in [0.5, 0.6) is 0 Å². The summed E-state index contributed by atoms with van der Waals surface area (Å²) in [5.74, 6) is 0.0265. The number of rotatable bonds is 3. The van der Waals surface area contributed by atoms with E-state index in [1.165, 1.54) is 0 Å². The normalized spacial score (nSPS) is 16.9. The minimum Gasteiger partial charge on any atom is -0.341 e. The molecular formula is C13H16Cl2N2O. The van der Waals surface area contributed by atoms with Gasteiger partial charge in [-0.1, -0.05) is 29.3 Å². The second kappa shape index (κ2) is 5.91. The Labute approximate surface area is 117 Å². The van der Waals surface area contributed by atoms with Gasteiger partial charge in [0.1, 0.15) is 0 Å². The predicted octanol–water partition coefficient (Wildman–Crippen LogP) is 2.49. The van der Waals surface area contributed by atoms with Gasteiger partial charge in [0.25, 0.3) is 0 Å². The van der Waals surface area contributed by atoms with Crippen LogP contribution in [0.25, 0.3) is 0 Å². The van der Waals surface area contributed by atoms with Crippen molar-refractivity contribution in [1.82, 2.24) is 4.90 Å². The molecule has 3 nitrogen and oxygen atoms in total. The molecule has 1 atom stereocenters. The summed E-state index contributed by atoms with van der Waals surface area (Å²) in [7, 11) is 0. The zero-order valence-corrected chi connectivity index (χ0v) is 11.5. The maximum absolute atomic E-state index is 12.0. The van der Waals surface area contributed by atoms with Crippen LogP contribution in [0.2, 0.25) is 10.0 Å². The van der Waals surface area contributed by atoms with Gasteiger partial charge in [0.15, 0.2) is 0 Å². The van der Waals surface area contributed by atoms with Gasteiger partial charge in [-0.15, -0.1) is 0 Å². The van der Waals surface area contributed by atoms with Crippen LogP contribution in [0.4, 0.5) is 0 Å². The van der Waals surface area contributed by atoms with Gasteiger partial charge in [0.05, 0.1) is 16.1 Å². The van der Waals surface area contributed by atoms with Crippen molar-refractivity contribution in [2.45, 2.75) is 25.3 Å². The molecular weight excluding hydrogens is 271 g/mol. The lowest BCUT2D eigenvalue weighted by atomic mass is 10.1. The van der Waals surface area contributed by atoms with E-state index >= 15 is 0 Å². The molecule has 0 spiro atoms. The zero-order valence-electron chi connectivity index (χ0n) is 10.0. The quantitative estimate of drug-likeness (QED) is 0.928. The Bertz CT molecular complexity index is 445. The Morgan fingerprint density at radius 1 is 1.28 bits per heavy atom. The van der Waals surface area contributed by atoms with Crippen LogP contribution in [0.1, 0.15) is 18.4 Å². The van der Waals surface area contributed by atoms with Crippen LogP contribution in [-0.4, -0.2) is 29.9 Å². The summed E-state index contributed by atoms with van der Waals surface area (Å²) in [5, 5.41) is 1.01. The molecule has 0 saturated carbocycles. The van der Waals surface area contributed by atoms with Gasteiger partial charge in [-0.05, 0) is 37.0 Å². The van der Waals surface area contributed by atoms with E-state index in [9.17, 15) is 4.79 Å². The number of likely N-dealkylation sites (tertiary alicyclic amines) is 1. The number of carbonyl (C=O) groups excluding carboxylic acids is 1. The molecule has 1 aromatic rings. The van der Waals surface area contributed by atoms with Gasteiger partial charge >= 0.3 is 0 Å². The van der Waals surface area contributed by atoms with Crippen molar-refractivity contribution >= 4 is 29.1 Å². The van der Waals surface area contributed by atoms with E-state index in [1.54, 1.807) is 12.1 Å². The van der Waals surface area contributed by atoms with E-state index in [0.29, 0.717) is 16.5 Å². The SMILES string of the molecule is N[C@H](Cc1ccc(Cl)c(Cl)c1)C(=O)N1CCCC1. The minimum atomic E-state index is -0.500. The van der Waals surface area contributed by atoms with Crippen LogP contribution in [0.3, 0.4) is 0 Å². The molecule has 1 aromatic carbocycles. The van der Waals surface area contributed by atoms with E-state index < -0.39 is 6.04 Å². The number of nitrogens with two attached hydrogens (primary N) is 1. The Morgan fingerprint density at radius 3 is 2.56 bits per heavy atom. The lowest BCUT2D eigenvalue weighted by molar-refractivity contribution is -0.131. The highest BCUT2D eigenvalue weighted by Crippen LogP contribution is 2.23. The summed E-state index contributed by atoms with van der Waals surface area (Å²) >= 11 is 11.8. The number of benzene rings is 1. The molecule has 0 unspecified atom stereocenters. The third kappa shape index (κ3) is 3.16. The standard InChI is InChI=1S/C13H16Cl2N2O/c14-10-4-3-9(7-11(10)15)8-12(16)13(18)17-5-1-2-6-17/h3-4,7,12H,1-2,5-6,8,16H2/t12-/m1/s1. The molecule has 1 fully saturated rings. The third-order valence-corrected chi connectivity index (χ3v) is 3.91. The maximum Gasteiger partial charge on any atom is 0.239 e. The van der Waals surface area contributed by atoms with Crippen molar-refractivity contribution in [2.24, 2.45) is 5.73 Å². The topological polar surface area (TPSA) is 46.3 Å². The molecule has 0 aromatic heterocycles. The number of carbonyl (C=O) groups is 1. The largest absolute Gasteiger partial charge is 0.341 e. The molecule has 0 radical (unpaired) electrons. The van der Waals surface area contributed by atoms with Crippen molar-refractivity contribution in [3.63, 3.8) is 0 Å². The Balaban J connectivity index is 1.99. The summed E-state index contributed by atoms with van der Waals surface area (Å²) in [5.41, 5.74) is 6.88.